The normalized spacial score (nSPS) is 11.0. The van der Waals surface area contributed by atoms with Gasteiger partial charge in [-0.05, 0) is 12.1 Å². The highest BCUT2D eigenvalue weighted by Crippen LogP contribution is 2.34. The van der Waals surface area contributed by atoms with Crippen molar-refractivity contribution < 1.29 is 22.6 Å². The molecule has 5 nitrogen and oxygen atoms in total. The lowest BCUT2D eigenvalue weighted by atomic mass is 10.3. The van der Waals surface area contributed by atoms with Crippen LogP contribution in [0.15, 0.2) is 36.7 Å². The summed E-state index contributed by atoms with van der Waals surface area (Å²) in [6.45, 7) is 0. The highest BCUT2D eigenvalue weighted by molar-refractivity contribution is 5.42. The van der Waals surface area contributed by atoms with Crippen LogP contribution in [0.1, 0.15) is 0 Å². The first-order valence-corrected chi connectivity index (χ1v) is 5.50. The molecule has 0 aliphatic heterocycles. The second-order valence-corrected chi connectivity index (χ2v) is 3.59. The maximum Gasteiger partial charge on any atom is 0.573 e. The molecule has 20 heavy (non-hydrogen) atoms. The molecule has 8 heteroatoms. The van der Waals surface area contributed by atoms with E-state index < -0.39 is 12.1 Å². The summed E-state index contributed by atoms with van der Waals surface area (Å²) in [5.74, 6) is -0.0733. The number of para-hydroxylation sites is 2. The molecule has 0 fully saturated rings. The summed E-state index contributed by atoms with van der Waals surface area (Å²) in [5, 5.41) is 2.74. The topological polar surface area (TPSA) is 56.3 Å². The van der Waals surface area contributed by atoms with Crippen molar-refractivity contribution in [3.05, 3.63) is 36.7 Å². The molecule has 0 aliphatic rings. The molecular formula is C12H10F3N3O2. The molecule has 1 aromatic carbocycles. The van der Waals surface area contributed by atoms with Crippen LogP contribution < -0.4 is 14.8 Å². The Morgan fingerprint density at radius 3 is 2.45 bits per heavy atom. The molecule has 0 atom stereocenters. The zero-order valence-corrected chi connectivity index (χ0v) is 10.3. The van der Waals surface area contributed by atoms with Crippen LogP contribution in [0.25, 0.3) is 0 Å². The van der Waals surface area contributed by atoms with Crippen molar-refractivity contribution in [1.29, 1.82) is 0 Å². The molecule has 1 N–H and O–H groups in total. The number of aromatic nitrogens is 2. The summed E-state index contributed by atoms with van der Waals surface area (Å²) in [5.41, 5.74) is 0. The largest absolute Gasteiger partial charge is 0.573 e. The van der Waals surface area contributed by atoms with Crippen molar-refractivity contribution in [3.63, 3.8) is 0 Å². The van der Waals surface area contributed by atoms with Crippen LogP contribution in [-0.2, 0) is 0 Å². The highest BCUT2D eigenvalue weighted by Gasteiger charge is 2.32. The molecule has 0 unspecified atom stereocenters. The van der Waals surface area contributed by atoms with Crippen molar-refractivity contribution >= 4 is 5.82 Å². The van der Waals surface area contributed by atoms with Crippen molar-refractivity contribution in [1.82, 2.24) is 9.97 Å². The Hall–Kier alpha value is -2.51. The average molecular weight is 285 g/mol. The van der Waals surface area contributed by atoms with Gasteiger partial charge in [-0.25, -0.2) is 0 Å². The molecule has 0 amide bonds. The summed E-state index contributed by atoms with van der Waals surface area (Å²) >= 11 is 0. The summed E-state index contributed by atoms with van der Waals surface area (Å²) in [7, 11) is 1.63. The standard InChI is InChI=1S/C12H10F3N3O2/c1-16-10-6-17-7-11(18-10)19-8-4-2-3-5-9(8)20-12(13,14)15/h2-7H,1H3,(H,16,18). The van der Waals surface area contributed by atoms with E-state index in [4.69, 9.17) is 4.74 Å². The molecule has 0 saturated heterocycles. The fourth-order valence-electron chi connectivity index (χ4n) is 1.37. The maximum absolute atomic E-state index is 12.3. The van der Waals surface area contributed by atoms with Crippen molar-refractivity contribution in [2.75, 3.05) is 12.4 Å². The van der Waals surface area contributed by atoms with Gasteiger partial charge in [0, 0.05) is 7.05 Å². The molecule has 0 spiro atoms. The number of hydrogen-bond acceptors (Lipinski definition) is 5. The monoisotopic (exact) mass is 285 g/mol. The van der Waals surface area contributed by atoms with Crippen LogP contribution >= 0.6 is 0 Å². The molecule has 1 heterocycles. The van der Waals surface area contributed by atoms with E-state index in [1.165, 1.54) is 30.6 Å². The van der Waals surface area contributed by atoms with Crippen molar-refractivity contribution in [2.24, 2.45) is 0 Å². The fraction of sp³-hybridized carbons (Fsp3) is 0.167. The van der Waals surface area contributed by atoms with Gasteiger partial charge in [0.15, 0.2) is 11.5 Å². The minimum Gasteiger partial charge on any atom is -0.434 e. The molecule has 0 bridgehead atoms. The highest BCUT2D eigenvalue weighted by atomic mass is 19.4. The summed E-state index contributed by atoms with van der Waals surface area (Å²) in [4.78, 5) is 7.83. The second kappa shape index (κ2) is 5.64. The Morgan fingerprint density at radius 2 is 1.80 bits per heavy atom. The summed E-state index contributed by atoms with van der Waals surface area (Å²) in [6, 6.07) is 5.42. The smallest absolute Gasteiger partial charge is 0.434 e. The number of anilines is 1. The quantitative estimate of drug-likeness (QED) is 0.934. The van der Waals surface area contributed by atoms with Gasteiger partial charge in [-0.15, -0.1) is 13.2 Å². The molecule has 0 aliphatic carbocycles. The van der Waals surface area contributed by atoms with Crippen molar-refractivity contribution in [3.8, 4) is 17.4 Å². The number of hydrogen-bond donors (Lipinski definition) is 1. The summed E-state index contributed by atoms with van der Waals surface area (Å²) < 4.78 is 45.9. The van der Waals surface area contributed by atoms with E-state index in [9.17, 15) is 13.2 Å². The molecule has 106 valence electrons. The van der Waals surface area contributed by atoms with Crippen molar-refractivity contribution in [2.45, 2.75) is 6.36 Å². The fourth-order valence-corrected chi connectivity index (χ4v) is 1.37. The van der Waals surface area contributed by atoms with Gasteiger partial charge < -0.3 is 14.8 Å². The van der Waals surface area contributed by atoms with E-state index in [2.05, 4.69) is 20.0 Å². The number of nitrogens with one attached hydrogen (secondary N) is 1. The number of nitrogens with zero attached hydrogens (tertiary/aromatic N) is 2. The molecule has 0 radical (unpaired) electrons. The van der Waals surface area contributed by atoms with Gasteiger partial charge >= 0.3 is 6.36 Å². The Morgan fingerprint density at radius 1 is 1.10 bits per heavy atom. The Kier molecular flexibility index (Phi) is 3.92. The number of halogens is 3. The van der Waals surface area contributed by atoms with Gasteiger partial charge in [0.25, 0.3) is 0 Å². The third-order valence-electron chi connectivity index (χ3n) is 2.16. The molecule has 2 aromatic rings. The van der Waals surface area contributed by atoms with Gasteiger partial charge in [0.1, 0.15) is 5.82 Å². The zero-order chi connectivity index (χ0) is 14.6. The molecule has 1 aromatic heterocycles. The summed E-state index contributed by atoms with van der Waals surface area (Å²) in [6.07, 6.45) is -2.06. The van der Waals surface area contributed by atoms with Gasteiger partial charge in [0.05, 0.1) is 12.4 Å². The first kappa shape index (κ1) is 13.9. The lowest BCUT2D eigenvalue weighted by molar-refractivity contribution is -0.275. The zero-order valence-electron chi connectivity index (χ0n) is 10.3. The number of alkyl halides is 3. The van der Waals surface area contributed by atoms with Crippen LogP contribution in [-0.4, -0.2) is 23.4 Å². The van der Waals surface area contributed by atoms with E-state index in [1.54, 1.807) is 7.05 Å². The van der Waals surface area contributed by atoms with Crippen LogP contribution in [0.2, 0.25) is 0 Å². The average Bonchev–Trinajstić information content (AvgIpc) is 2.40. The first-order chi connectivity index (χ1) is 9.48. The minimum absolute atomic E-state index is 0.0510. The van der Waals surface area contributed by atoms with Gasteiger partial charge in [-0.3, -0.25) is 4.98 Å². The second-order valence-electron chi connectivity index (χ2n) is 3.59. The SMILES string of the molecule is CNc1cncc(Oc2ccccc2OC(F)(F)F)n1. The van der Waals surface area contributed by atoms with Gasteiger partial charge in [-0.1, -0.05) is 12.1 Å². The predicted molar refractivity (Wildman–Crippen MR) is 64.8 cm³/mol. The van der Waals surface area contributed by atoms with E-state index in [-0.39, 0.29) is 11.6 Å². The van der Waals surface area contributed by atoms with Crippen LogP contribution in [0.5, 0.6) is 17.4 Å². The predicted octanol–water partition coefficient (Wildman–Crippen LogP) is 3.21. The van der Waals surface area contributed by atoms with Gasteiger partial charge in [-0.2, -0.15) is 4.98 Å². The van der Waals surface area contributed by atoms with E-state index in [0.717, 1.165) is 6.07 Å². The third kappa shape index (κ3) is 3.74. The lowest BCUT2D eigenvalue weighted by Crippen LogP contribution is -2.17. The number of ether oxygens (including phenoxy) is 2. The van der Waals surface area contributed by atoms with E-state index >= 15 is 0 Å². The molecule has 2 rings (SSSR count). The number of rotatable bonds is 4. The van der Waals surface area contributed by atoms with E-state index in [0.29, 0.717) is 5.82 Å². The Bertz CT molecular complexity index is 590. The minimum atomic E-state index is -4.79. The molecule has 0 saturated carbocycles. The lowest BCUT2D eigenvalue weighted by Gasteiger charge is -2.13. The first-order valence-electron chi connectivity index (χ1n) is 5.50. The maximum atomic E-state index is 12.3. The van der Waals surface area contributed by atoms with E-state index in [1.807, 2.05) is 0 Å². The van der Waals surface area contributed by atoms with Crippen LogP contribution in [0.4, 0.5) is 19.0 Å². The van der Waals surface area contributed by atoms with Crippen LogP contribution in [0.3, 0.4) is 0 Å². The molecular weight excluding hydrogens is 275 g/mol. The Balaban J connectivity index is 2.24. The Labute approximate surface area is 112 Å². The van der Waals surface area contributed by atoms with Crippen LogP contribution in [0, 0.1) is 0 Å². The van der Waals surface area contributed by atoms with Gasteiger partial charge in [0.2, 0.25) is 5.88 Å². The number of benzene rings is 1. The third-order valence-corrected chi connectivity index (χ3v) is 2.16.